The van der Waals surface area contributed by atoms with Crippen LogP contribution in [0.2, 0.25) is 10.2 Å². The number of hydrogen-bond donors (Lipinski definition) is 0. The molecule has 2 aromatic rings. The van der Waals surface area contributed by atoms with E-state index >= 15 is 0 Å². The number of aryl methyl sites for hydroxylation is 2. The summed E-state index contributed by atoms with van der Waals surface area (Å²) < 4.78 is 20.1. The molecule has 0 aliphatic rings. The minimum absolute atomic E-state index is 0.0292. The van der Waals surface area contributed by atoms with Crippen molar-refractivity contribution >= 4 is 23.2 Å². The molecular formula is C12H11Cl2FN2O. The smallest absolute Gasteiger partial charge is 0.142 e. The topological polar surface area (TPSA) is 27.1 Å². The zero-order valence-corrected chi connectivity index (χ0v) is 11.4. The van der Waals surface area contributed by atoms with Crippen molar-refractivity contribution in [3.05, 3.63) is 45.4 Å². The summed E-state index contributed by atoms with van der Waals surface area (Å²) in [5.41, 5.74) is 1.61. The molecule has 1 heterocycles. The van der Waals surface area contributed by atoms with Gasteiger partial charge in [0.2, 0.25) is 0 Å². The number of rotatable bonds is 3. The van der Waals surface area contributed by atoms with Gasteiger partial charge in [-0.25, -0.2) is 4.39 Å². The first-order chi connectivity index (χ1) is 8.49. The van der Waals surface area contributed by atoms with Crippen LogP contribution in [-0.2, 0) is 13.7 Å². The van der Waals surface area contributed by atoms with Crippen molar-refractivity contribution in [1.29, 1.82) is 0 Å². The van der Waals surface area contributed by atoms with E-state index in [1.165, 1.54) is 18.2 Å². The number of aromatic nitrogens is 2. The number of halogens is 3. The van der Waals surface area contributed by atoms with Gasteiger partial charge in [0.1, 0.15) is 23.3 Å². The maximum absolute atomic E-state index is 13.0. The second-order valence-electron chi connectivity index (χ2n) is 3.84. The van der Waals surface area contributed by atoms with Crippen molar-refractivity contribution in [1.82, 2.24) is 9.78 Å². The summed E-state index contributed by atoms with van der Waals surface area (Å²) in [6.07, 6.45) is 0. The molecule has 0 N–H and O–H groups in total. The Bertz CT molecular complexity index is 584. The van der Waals surface area contributed by atoms with Crippen molar-refractivity contribution < 1.29 is 9.13 Å². The van der Waals surface area contributed by atoms with Gasteiger partial charge in [0, 0.05) is 18.7 Å². The van der Waals surface area contributed by atoms with E-state index in [-0.39, 0.29) is 11.6 Å². The molecule has 0 saturated heterocycles. The van der Waals surface area contributed by atoms with Crippen LogP contribution in [0.1, 0.15) is 11.3 Å². The fraction of sp³-hybridized carbons (Fsp3) is 0.250. The van der Waals surface area contributed by atoms with Gasteiger partial charge in [-0.3, -0.25) is 4.68 Å². The number of hydrogen-bond acceptors (Lipinski definition) is 2. The predicted molar refractivity (Wildman–Crippen MR) is 68.7 cm³/mol. The minimum atomic E-state index is -0.473. The average Bonchev–Trinajstić information content (AvgIpc) is 2.56. The maximum atomic E-state index is 13.0. The quantitative estimate of drug-likeness (QED) is 0.860. The fourth-order valence-electron chi connectivity index (χ4n) is 1.56. The third kappa shape index (κ3) is 2.60. The number of benzene rings is 1. The van der Waals surface area contributed by atoms with Crippen molar-refractivity contribution in [2.45, 2.75) is 13.5 Å². The Kier molecular flexibility index (Phi) is 3.78. The Morgan fingerprint density at radius 3 is 2.67 bits per heavy atom. The first kappa shape index (κ1) is 13.2. The lowest BCUT2D eigenvalue weighted by Gasteiger charge is -2.06. The van der Waals surface area contributed by atoms with Crippen molar-refractivity contribution in [3.63, 3.8) is 0 Å². The molecule has 0 aliphatic carbocycles. The first-order valence-electron chi connectivity index (χ1n) is 5.25. The molecule has 3 nitrogen and oxygen atoms in total. The van der Waals surface area contributed by atoms with Gasteiger partial charge in [0.15, 0.2) is 0 Å². The van der Waals surface area contributed by atoms with E-state index in [0.29, 0.717) is 10.9 Å². The van der Waals surface area contributed by atoms with Gasteiger partial charge in [-0.05, 0) is 19.1 Å². The molecule has 0 fully saturated rings. The summed E-state index contributed by atoms with van der Waals surface area (Å²) in [6.45, 7) is 2.11. The van der Waals surface area contributed by atoms with Crippen molar-refractivity contribution in [2.24, 2.45) is 7.05 Å². The van der Waals surface area contributed by atoms with Crippen molar-refractivity contribution in [2.75, 3.05) is 0 Å². The van der Waals surface area contributed by atoms with Crippen LogP contribution in [-0.4, -0.2) is 9.78 Å². The Morgan fingerprint density at radius 1 is 1.39 bits per heavy atom. The molecule has 18 heavy (non-hydrogen) atoms. The summed E-state index contributed by atoms with van der Waals surface area (Å²) in [5.74, 6) is 0.0142. The van der Waals surface area contributed by atoms with Crippen LogP contribution in [0.4, 0.5) is 4.39 Å². The van der Waals surface area contributed by atoms with E-state index in [0.717, 1.165) is 11.3 Å². The van der Waals surface area contributed by atoms with E-state index < -0.39 is 5.82 Å². The van der Waals surface area contributed by atoms with E-state index in [1.54, 1.807) is 11.7 Å². The maximum Gasteiger partial charge on any atom is 0.142 e. The molecule has 0 spiro atoms. The molecule has 2 rings (SSSR count). The van der Waals surface area contributed by atoms with Crippen LogP contribution in [0, 0.1) is 12.7 Å². The highest BCUT2D eigenvalue weighted by molar-refractivity contribution is 6.31. The summed E-state index contributed by atoms with van der Waals surface area (Å²) >= 11 is 11.7. The number of nitrogens with zero attached hydrogens (tertiary/aromatic N) is 2. The molecule has 0 bridgehead atoms. The lowest BCUT2D eigenvalue weighted by atomic mass is 10.3. The molecule has 0 aliphatic heterocycles. The summed E-state index contributed by atoms with van der Waals surface area (Å²) in [4.78, 5) is 0. The summed E-state index contributed by atoms with van der Waals surface area (Å²) in [7, 11) is 1.76. The van der Waals surface area contributed by atoms with Crippen LogP contribution in [0.25, 0.3) is 0 Å². The van der Waals surface area contributed by atoms with Gasteiger partial charge in [0.25, 0.3) is 0 Å². The molecule has 0 amide bonds. The highest BCUT2D eigenvalue weighted by atomic mass is 35.5. The summed E-state index contributed by atoms with van der Waals surface area (Å²) in [6, 6.07) is 4.20. The molecule has 1 aromatic carbocycles. The molecule has 96 valence electrons. The SMILES string of the molecule is Cc1nn(C)c(Cl)c1COc1ccc(F)c(Cl)c1. The minimum Gasteiger partial charge on any atom is -0.489 e. The molecule has 0 atom stereocenters. The molecule has 0 saturated carbocycles. The van der Waals surface area contributed by atoms with Crippen LogP contribution in [0.3, 0.4) is 0 Å². The van der Waals surface area contributed by atoms with Gasteiger partial charge in [0.05, 0.1) is 10.7 Å². The van der Waals surface area contributed by atoms with Crippen LogP contribution >= 0.6 is 23.2 Å². The highest BCUT2D eigenvalue weighted by Gasteiger charge is 2.12. The van der Waals surface area contributed by atoms with Crippen molar-refractivity contribution in [3.8, 4) is 5.75 Å². The van der Waals surface area contributed by atoms with E-state index in [4.69, 9.17) is 27.9 Å². The Labute approximate surface area is 114 Å². The Hall–Kier alpha value is -1.26. The molecule has 0 radical (unpaired) electrons. The Balaban J connectivity index is 2.14. The van der Waals surface area contributed by atoms with Gasteiger partial charge < -0.3 is 4.74 Å². The Morgan fingerprint density at radius 2 is 2.11 bits per heavy atom. The average molecular weight is 289 g/mol. The first-order valence-corrected chi connectivity index (χ1v) is 6.00. The van der Waals surface area contributed by atoms with E-state index in [9.17, 15) is 4.39 Å². The van der Waals surface area contributed by atoms with Gasteiger partial charge >= 0.3 is 0 Å². The second kappa shape index (κ2) is 5.16. The summed E-state index contributed by atoms with van der Waals surface area (Å²) in [5, 5.41) is 4.73. The van der Waals surface area contributed by atoms with Gasteiger partial charge in [-0.1, -0.05) is 23.2 Å². The molecular weight excluding hydrogens is 278 g/mol. The van der Waals surface area contributed by atoms with Crippen LogP contribution in [0.5, 0.6) is 5.75 Å². The lowest BCUT2D eigenvalue weighted by Crippen LogP contribution is -1.97. The monoisotopic (exact) mass is 288 g/mol. The van der Waals surface area contributed by atoms with Gasteiger partial charge in [-0.2, -0.15) is 5.10 Å². The van der Waals surface area contributed by atoms with E-state index in [1.807, 2.05) is 6.92 Å². The standard InChI is InChI=1S/C12H11Cl2FN2O/c1-7-9(12(14)17(2)16-7)6-18-8-3-4-11(15)10(13)5-8/h3-5H,6H2,1-2H3. The van der Waals surface area contributed by atoms with E-state index in [2.05, 4.69) is 5.10 Å². The zero-order chi connectivity index (χ0) is 13.3. The number of ether oxygens (including phenoxy) is 1. The normalized spacial score (nSPS) is 10.7. The molecule has 6 heteroatoms. The zero-order valence-electron chi connectivity index (χ0n) is 9.88. The predicted octanol–water partition coefficient (Wildman–Crippen LogP) is 3.75. The molecule has 0 unspecified atom stereocenters. The largest absolute Gasteiger partial charge is 0.489 e. The van der Waals surface area contributed by atoms with Gasteiger partial charge in [-0.15, -0.1) is 0 Å². The lowest BCUT2D eigenvalue weighted by molar-refractivity contribution is 0.305. The molecule has 1 aromatic heterocycles. The third-order valence-electron chi connectivity index (χ3n) is 2.54. The fourth-order valence-corrected chi connectivity index (χ4v) is 1.96. The second-order valence-corrected chi connectivity index (χ2v) is 4.61. The third-order valence-corrected chi connectivity index (χ3v) is 3.31. The highest BCUT2D eigenvalue weighted by Crippen LogP contribution is 2.24. The van der Waals surface area contributed by atoms with Crippen LogP contribution in [0.15, 0.2) is 18.2 Å². The van der Waals surface area contributed by atoms with Crippen LogP contribution < -0.4 is 4.74 Å².